The molecule has 0 radical (unpaired) electrons. The highest BCUT2D eigenvalue weighted by molar-refractivity contribution is 5.83. The summed E-state index contributed by atoms with van der Waals surface area (Å²) in [6.07, 6.45) is 0. The van der Waals surface area contributed by atoms with Crippen LogP contribution >= 0.6 is 0 Å². The Morgan fingerprint density at radius 1 is 1.12 bits per heavy atom. The van der Waals surface area contributed by atoms with Crippen LogP contribution in [0.1, 0.15) is 13.8 Å². The molecule has 2 amide bonds. The summed E-state index contributed by atoms with van der Waals surface area (Å²) in [5.74, 6) is -0.922. The largest absolute Gasteiger partial charge is 0.467 e. The molecular formula is C10H19N3O4. The van der Waals surface area contributed by atoms with Gasteiger partial charge in [-0.2, -0.15) is 0 Å². The monoisotopic (exact) mass is 245 g/mol. The highest BCUT2D eigenvalue weighted by Gasteiger charge is 2.19. The number of nitrogens with one attached hydrogen (secondary N) is 3. The number of ether oxygens (including phenoxy) is 1. The zero-order valence-electron chi connectivity index (χ0n) is 10.3. The van der Waals surface area contributed by atoms with Gasteiger partial charge in [-0.25, -0.2) is 4.79 Å². The van der Waals surface area contributed by atoms with Gasteiger partial charge in [0.05, 0.1) is 7.11 Å². The quantitative estimate of drug-likeness (QED) is 0.370. The van der Waals surface area contributed by atoms with Crippen LogP contribution in [0.3, 0.4) is 0 Å². The van der Waals surface area contributed by atoms with Gasteiger partial charge < -0.3 is 20.7 Å². The average Bonchev–Trinajstić information content (AvgIpc) is 2.25. The minimum absolute atomic E-state index is 0.113. The molecule has 7 nitrogen and oxygen atoms in total. The zero-order chi connectivity index (χ0) is 13.3. The Kier molecular flexibility index (Phi) is 7.70. The van der Waals surface area contributed by atoms with Crippen LogP contribution in [0.4, 0.5) is 0 Å². The molecule has 0 saturated heterocycles. The SMILES string of the molecule is COC(=O)C(CNCCNC(C)=O)NC(C)=O. The molecule has 17 heavy (non-hydrogen) atoms. The van der Waals surface area contributed by atoms with Crippen molar-refractivity contribution < 1.29 is 19.1 Å². The first-order valence-corrected chi connectivity index (χ1v) is 5.27. The predicted octanol–water partition coefficient (Wildman–Crippen LogP) is -1.61. The lowest BCUT2D eigenvalue weighted by atomic mass is 10.3. The lowest BCUT2D eigenvalue weighted by molar-refractivity contribution is -0.144. The van der Waals surface area contributed by atoms with E-state index in [-0.39, 0.29) is 18.4 Å². The Labute approximate surface area is 100 Å². The molecule has 0 aromatic carbocycles. The van der Waals surface area contributed by atoms with Crippen molar-refractivity contribution >= 4 is 17.8 Å². The van der Waals surface area contributed by atoms with Crippen LogP contribution < -0.4 is 16.0 Å². The van der Waals surface area contributed by atoms with E-state index in [1.54, 1.807) is 0 Å². The van der Waals surface area contributed by atoms with Crippen LogP contribution in [-0.2, 0) is 19.1 Å². The second-order valence-corrected chi connectivity index (χ2v) is 3.46. The zero-order valence-corrected chi connectivity index (χ0v) is 10.3. The molecule has 98 valence electrons. The van der Waals surface area contributed by atoms with Gasteiger partial charge in [0.15, 0.2) is 0 Å². The Morgan fingerprint density at radius 2 is 1.76 bits per heavy atom. The Hall–Kier alpha value is -1.63. The normalized spacial score (nSPS) is 11.5. The van der Waals surface area contributed by atoms with E-state index < -0.39 is 12.0 Å². The van der Waals surface area contributed by atoms with Gasteiger partial charge in [-0.1, -0.05) is 0 Å². The van der Waals surface area contributed by atoms with Crippen molar-refractivity contribution in [1.29, 1.82) is 0 Å². The third-order valence-electron chi connectivity index (χ3n) is 1.89. The molecule has 0 saturated carbocycles. The Bertz CT molecular complexity index is 281. The number of carbonyl (C=O) groups is 3. The Balaban J connectivity index is 3.87. The minimum atomic E-state index is -0.713. The smallest absolute Gasteiger partial charge is 0.329 e. The fraction of sp³-hybridized carbons (Fsp3) is 0.700. The fourth-order valence-electron chi connectivity index (χ4n) is 1.15. The Morgan fingerprint density at radius 3 is 2.24 bits per heavy atom. The highest BCUT2D eigenvalue weighted by Crippen LogP contribution is 1.86. The van der Waals surface area contributed by atoms with Crippen molar-refractivity contribution in [2.24, 2.45) is 0 Å². The minimum Gasteiger partial charge on any atom is -0.467 e. The summed E-state index contributed by atoms with van der Waals surface area (Å²) in [5, 5.41) is 8.00. The van der Waals surface area contributed by atoms with Gasteiger partial charge in [0.2, 0.25) is 11.8 Å². The van der Waals surface area contributed by atoms with Gasteiger partial charge in [0.1, 0.15) is 6.04 Å². The summed E-state index contributed by atoms with van der Waals surface area (Å²) in [4.78, 5) is 32.7. The first-order chi connectivity index (χ1) is 7.97. The molecule has 0 aromatic heterocycles. The van der Waals surface area contributed by atoms with Crippen LogP contribution in [0.15, 0.2) is 0 Å². The molecule has 1 unspecified atom stereocenters. The van der Waals surface area contributed by atoms with Crippen LogP contribution in [0.5, 0.6) is 0 Å². The van der Waals surface area contributed by atoms with Crippen molar-refractivity contribution in [3.8, 4) is 0 Å². The molecule has 7 heteroatoms. The molecule has 0 rings (SSSR count). The van der Waals surface area contributed by atoms with Gasteiger partial charge in [-0.15, -0.1) is 0 Å². The maximum Gasteiger partial charge on any atom is 0.329 e. The predicted molar refractivity (Wildman–Crippen MR) is 61.2 cm³/mol. The number of amides is 2. The summed E-state index contributed by atoms with van der Waals surface area (Å²) in [5.41, 5.74) is 0. The average molecular weight is 245 g/mol. The van der Waals surface area contributed by atoms with Crippen molar-refractivity contribution in [2.45, 2.75) is 19.9 Å². The van der Waals surface area contributed by atoms with Gasteiger partial charge in [-0.05, 0) is 0 Å². The number of esters is 1. The van der Waals surface area contributed by atoms with Crippen molar-refractivity contribution in [3.63, 3.8) is 0 Å². The summed E-state index contributed by atoms with van der Waals surface area (Å²) >= 11 is 0. The van der Waals surface area contributed by atoms with Crippen molar-refractivity contribution in [1.82, 2.24) is 16.0 Å². The van der Waals surface area contributed by atoms with E-state index >= 15 is 0 Å². The molecule has 0 heterocycles. The second kappa shape index (κ2) is 8.51. The van der Waals surface area contributed by atoms with Gasteiger partial charge in [0, 0.05) is 33.5 Å². The summed E-state index contributed by atoms with van der Waals surface area (Å²) in [6, 6.07) is -0.713. The molecule has 0 aliphatic carbocycles. The third kappa shape index (κ3) is 8.21. The molecule has 3 N–H and O–H groups in total. The van der Waals surface area contributed by atoms with Gasteiger partial charge in [0.25, 0.3) is 0 Å². The van der Waals surface area contributed by atoms with E-state index in [9.17, 15) is 14.4 Å². The third-order valence-corrected chi connectivity index (χ3v) is 1.89. The maximum absolute atomic E-state index is 11.3. The summed E-state index contributed by atoms with van der Waals surface area (Å²) in [7, 11) is 1.26. The molecule has 0 aliphatic heterocycles. The van der Waals surface area contributed by atoms with Gasteiger partial charge in [-0.3, -0.25) is 9.59 Å². The van der Waals surface area contributed by atoms with E-state index in [1.807, 2.05) is 0 Å². The van der Waals surface area contributed by atoms with Crippen LogP contribution in [0.2, 0.25) is 0 Å². The summed E-state index contributed by atoms with van der Waals surface area (Å²) < 4.78 is 4.55. The molecule has 0 aromatic rings. The molecule has 1 atom stereocenters. The fourth-order valence-corrected chi connectivity index (χ4v) is 1.15. The van der Waals surface area contributed by atoms with E-state index in [2.05, 4.69) is 20.7 Å². The van der Waals surface area contributed by atoms with Crippen molar-refractivity contribution in [2.75, 3.05) is 26.7 Å². The summed E-state index contributed by atoms with van der Waals surface area (Å²) in [6.45, 7) is 3.98. The second-order valence-electron chi connectivity index (χ2n) is 3.46. The van der Waals surface area contributed by atoms with E-state index in [4.69, 9.17) is 0 Å². The first-order valence-electron chi connectivity index (χ1n) is 5.27. The number of hydrogen-bond acceptors (Lipinski definition) is 5. The van der Waals surface area contributed by atoms with Crippen LogP contribution in [0, 0.1) is 0 Å². The topological polar surface area (TPSA) is 96.5 Å². The lowest BCUT2D eigenvalue weighted by Gasteiger charge is -2.16. The molecule has 0 bridgehead atoms. The number of rotatable bonds is 7. The van der Waals surface area contributed by atoms with Crippen LogP contribution in [-0.4, -0.2) is 50.6 Å². The molecule has 0 spiro atoms. The highest BCUT2D eigenvalue weighted by atomic mass is 16.5. The maximum atomic E-state index is 11.3. The van der Waals surface area contributed by atoms with E-state index in [0.29, 0.717) is 13.1 Å². The molecule has 0 aliphatic rings. The van der Waals surface area contributed by atoms with Gasteiger partial charge >= 0.3 is 5.97 Å². The lowest BCUT2D eigenvalue weighted by Crippen LogP contribution is -2.48. The van der Waals surface area contributed by atoms with Crippen molar-refractivity contribution in [3.05, 3.63) is 0 Å². The number of hydrogen-bond donors (Lipinski definition) is 3. The van der Waals surface area contributed by atoms with E-state index in [0.717, 1.165) is 0 Å². The first kappa shape index (κ1) is 15.4. The van der Waals surface area contributed by atoms with Crippen LogP contribution in [0.25, 0.3) is 0 Å². The standard InChI is InChI=1S/C10H19N3O4/c1-7(14)12-5-4-11-6-9(10(16)17-3)13-8(2)15/h9,11H,4-6H2,1-3H3,(H,12,14)(H,13,15). The number of carbonyl (C=O) groups excluding carboxylic acids is 3. The number of methoxy groups -OCH3 is 1. The van der Waals surface area contributed by atoms with E-state index in [1.165, 1.54) is 21.0 Å². The molecule has 0 fully saturated rings. The molecular weight excluding hydrogens is 226 g/mol.